The van der Waals surface area contributed by atoms with Gasteiger partial charge in [-0.3, -0.25) is 14.7 Å². The fourth-order valence-corrected chi connectivity index (χ4v) is 3.93. The van der Waals surface area contributed by atoms with Crippen molar-refractivity contribution in [1.82, 2.24) is 14.8 Å². The van der Waals surface area contributed by atoms with Crippen molar-refractivity contribution in [3.63, 3.8) is 0 Å². The number of ether oxygens (including phenoxy) is 2. The first-order chi connectivity index (χ1) is 16.1. The van der Waals surface area contributed by atoms with Crippen molar-refractivity contribution < 1.29 is 14.3 Å². The molecule has 33 heavy (non-hydrogen) atoms. The van der Waals surface area contributed by atoms with Crippen LogP contribution in [0.4, 0.5) is 5.69 Å². The fourth-order valence-electron chi connectivity index (χ4n) is 3.93. The zero-order valence-corrected chi connectivity index (χ0v) is 19.1. The SMILES string of the molecule is CC#CC(=O)N1CCCC(N=C2c3c[nH]cc3NCN2C#Cc2cc(OC)cc(OC)c2)C1. The lowest BCUT2D eigenvalue weighted by Crippen LogP contribution is -2.43. The molecule has 1 unspecified atom stereocenters. The molecule has 1 atom stereocenters. The average Bonchev–Trinajstić information content (AvgIpc) is 3.33. The van der Waals surface area contributed by atoms with Crippen LogP contribution in [0.2, 0.25) is 0 Å². The van der Waals surface area contributed by atoms with Gasteiger partial charge < -0.3 is 24.7 Å². The Labute approximate surface area is 194 Å². The minimum Gasteiger partial charge on any atom is -0.497 e. The van der Waals surface area contributed by atoms with Crippen molar-refractivity contribution in [3.8, 4) is 35.3 Å². The lowest BCUT2D eigenvalue weighted by molar-refractivity contribution is -0.126. The van der Waals surface area contributed by atoms with Gasteiger partial charge in [-0.05, 0) is 43.7 Å². The molecule has 2 aromatic rings. The normalized spacial score (nSPS) is 18.3. The van der Waals surface area contributed by atoms with Gasteiger partial charge in [0.05, 0.1) is 31.5 Å². The quantitative estimate of drug-likeness (QED) is 0.710. The van der Waals surface area contributed by atoms with Gasteiger partial charge in [0.1, 0.15) is 24.0 Å². The zero-order valence-electron chi connectivity index (χ0n) is 19.1. The van der Waals surface area contributed by atoms with Crippen LogP contribution >= 0.6 is 0 Å². The van der Waals surface area contributed by atoms with Gasteiger partial charge in [0.2, 0.25) is 0 Å². The van der Waals surface area contributed by atoms with E-state index in [9.17, 15) is 4.79 Å². The molecule has 0 saturated carbocycles. The fraction of sp³-hybridized carbons (Fsp3) is 0.360. The number of likely N-dealkylation sites (tertiary alicyclic amines) is 1. The van der Waals surface area contributed by atoms with Gasteiger partial charge in [0.15, 0.2) is 0 Å². The van der Waals surface area contributed by atoms with E-state index in [0.717, 1.165) is 35.5 Å². The molecule has 8 heteroatoms. The summed E-state index contributed by atoms with van der Waals surface area (Å²) in [4.78, 5) is 24.1. The number of carbonyl (C=O) groups excluding carboxylic acids is 1. The zero-order chi connectivity index (χ0) is 23.2. The minimum absolute atomic E-state index is 0.0154. The molecule has 1 amide bonds. The summed E-state index contributed by atoms with van der Waals surface area (Å²) in [6, 6.07) is 8.75. The third kappa shape index (κ3) is 5.07. The monoisotopic (exact) mass is 445 g/mol. The summed E-state index contributed by atoms with van der Waals surface area (Å²) in [7, 11) is 3.23. The second kappa shape index (κ2) is 10.1. The number of hydrogen-bond acceptors (Lipinski definition) is 5. The van der Waals surface area contributed by atoms with Crippen molar-refractivity contribution in [2.45, 2.75) is 25.8 Å². The number of aliphatic imine (C=N–C) groups is 1. The van der Waals surface area contributed by atoms with Gasteiger partial charge in [-0.25, -0.2) is 0 Å². The molecule has 2 N–H and O–H groups in total. The number of carbonyl (C=O) groups is 1. The number of amides is 1. The van der Waals surface area contributed by atoms with Crippen LogP contribution in [0.15, 0.2) is 35.6 Å². The Balaban J connectivity index is 1.63. The highest BCUT2D eigenvalue weighted by Crippen LogP contribution is 2.25. The van der Waals surface area contributed by atoms with Crippen LogP contribution < -0.4 is 14.8 Å². The maximum atomic E-state index is 12.3. The van der Waals surface area contributed by atoms with Gasteiger partial charge in [-0.1, -0.05) is 5.92 Å². The number of methoxy groups -OCH3 is 2. The summed E-state index contributed by atoms with van der Waals surface area (Å²) in [5, 5.41) is 3.36. The number of rotatable bonds is 3. The molecule has 3 heterocycles. The molecule has 0 bridgehead atoms. The van der Waals surface area contributed by atoms with E-state index < -0.39 is 0 Å². The summed E-state index contributed by atoms with van der Waals surface area (Å²) >= 11 is 0. The summed E-state index contributed by atoms with van der Waals surface area (Å²) in [6.07, 6.45) is 5.63. The van der Waals surface area contributed by atoms with Crippen LogP contribution in [-0.2, 0) is 4.79 Å². The molecule has 1 saturated heterocycles. The number of benzene rings is 1. The maximum Gasteiger partial charge on any atom is 0.298 e. The number of amidine groups is 1. The third-order valence-electron chi connectivity index (χ3n) is 5.58. The standard InChI is InChI=1S/C25H27N5O3/c1-4-6-24(31)29-9-5-7-19(16-29)28-25-22-14-26-15-23(22)27-17-30(25)10-8-18-11-20(32-2)13-21(12-18)33-3/h11-15,19,26-27H,5,7,9,16-17H2,1-3H3. The van der Waals surface area contributed by atoms with E-state index in [0.29, 0.717) is 31.3 Å². The minimum atomic E-state index is -0.140. The van der Waals surface area contributed by atoms with E-state index in [1.807, 2.05) is 35.5 Å². The number of piperidine rings is 1. The molecule has 1 aromatic carbocycles. The predicted octanol–water partition coefficient (Wildman–Crippen LogP) is 2.49. The second-order valence-electron chi connectivity index (χ2n) is 7.76. The highest BCUT2D eigenvalue weighted by molar-refractivity contribution is 6.06. The summed E-state index contributed by atoms with van der Waals surface area (Å²) < 4.78 is 10.7. The van der Waals surface area contributed by atoms with Crippen molar-refractivity contribution in [3.05, 3.63) is 41.7 Å². The summed E-state index contributed by atoms with van der Waals surface area (Å²) in [5.74, 6) is 10.5. The lowest BCUT2D eigenvalue weighted by Gasteiger charge is -2.32. The first-order valence-corrected chi connectivity index (χ1v) is 10.8. The molecular weight excluding hydrogens is 418 g/mol. The van der Waals surface area contributed by atoms with Crippen molar-refractivity contribution >= 4 is 17.4 Å². The Hall–Kier alpha value is -4.04. The van der Waals surface area contributed by atoms with E-state index in [-0.39, 0.29) is 11.9 Å². The van der Waals surface area contributed by atoms with Crippen LogP contribution in [0.3, 0.4) is 0 Å². The largest absolute Gasteiger partial charge is 0.497 e. The first kappa shape index (κ1) is 22.2. The van der Waals surface area contributed by atoms with Gasteiger partial charge in [0.25, 0.3) is 5.91 Å². The topological polar surface area (TPSA) is 82.2 Å². The predicted molar refractivity (Wildman–Crippen MR) is 127 cm³/mol. The molecule has 8 nitrogen and oxygen atoms in total. The molecular formula is C25H27N5O3. The van der Waals surface area contributed by atoms with Gasteiger partial charge in [-0.15, -0.1) is 0 Å². The number of H-pyrrole nitrogens is 1. The Bertz CT molecular complexity index is 1160. The Kier molecular flexibility index (Phi) is 6.75. The number of nitrogens with zero attached hydrogens (tertiary/aromatic N) is 3. The Morgan fingerprint density at radius 1 is 1.18 bits per heavy atom. The van der Waals surface area contributed by atoms with Crippen LogP contribution in [0.25, 0.3) is 0 Å². The van der Waals surface area contributed by atoms with E-state index in [1.54, 1.807) is 26.0 Å². The van der Waals surface area contributed by atoms with Crippen LogP contribution in [0, 0.1) is 23.8 Å². The van der Waals surface area contributed by atoms with E-state index in [1.165, 1.54) is 0 Å². The third-order valence-corrected chi connectivity index (χ3v) is 5.58. The average molecular weight is 446 g/mol. The van der Waals surface area contributed by atoms with Crippen LogP contribution in [0.5, 0.6) is 11.5 Å². The molecule has 2 aliphatic heterocycles. The van der Waals surface area contributed by atoms with Crippen LogP contribution in [-0.4, -0.2) is 66.5 Å². The molecule has 4 rings (SSSR count). The van der Waals surface area contributed by atoms with Crippen molar-refractivity contribution in [2.24, 2.45) is 4.99 Å². The molecule has 170 valence electrons. The number of fused-ring (bicyclic) bond motifs is 1. The number of aromatic amines is 1. The molecule has 1 fully saturated rings. The van der Waals surface area contributed by atoms with Gasteiger partial charge in [-0.2, -0.15) is 0 Å². The van der Waals surface area contributed by atoms with E-state index in [4.69, 9.17) is 14.5 Å². The molecule has 2 aliphatic rings. The summed E-state index contributed by atoms with van der Waals surface area (Å²) in [6.45, 7) is 3.44. The Morgan fingerprint density at radius 3 is 2.70 bits per heavy atom. The van der Waals surface area contributed by atoms with Gasteiger partial charge in [0, 0.05) is 43.2 Å². The molecule has 0 radical (unpaired) electrons. The van der Waals surface area contributed by atoms with Crippen molar-refractivity contribution in [2.75, 3.05) is 39.3 Å². The molecule has 1 aromatic heterocycles. The van der Waals surface area contributed by atoms with Crippen molar-refractivity contribution in [1.29, 1.82) is 0 Å². The van der Waals surface area contributed by atoms with Gasteiger partial charge >= 0.3 is 0 Å². The number of nitrogens with one attached hydrogen (secondary N) is 2. The van der Waals surface area contributed by atoms with E-state index in [2.05, 4.69) is 34.1 Å². The highest BCUT2D eigenvalue weighted by atomic mass is 16.5. The molecule has 0 spiro atoms. The Morgan fingerprint density at radius 2 is 1.97 bits per heavy atom. The van der Waals surface area contributed by atoms with Crippen LogP contribution in [0.1, 0.15) is 30.9 Å². The maximum absolute atomic E-state index is 12.3. The highest BCUT2D eigenvalue weighted by Gasteiger charge is 2.27. The smallest absolute Gasteiger partial charge is 0.298 e. The number of aromatic nitrogens is 1. The number of hydrogen-bond donors (Lipinski definition) is 2. The van der Waals surface area contributed by atoms with E-state index >= 15 is 0 Å². The summed E-state index contributed by atoms with van der Waals surface area (Å²) in [5.41, 5.74) is 2.71. The first-order valence-electron chi connectivity index (χ1n) is 10.8. The second-order valence-corrected chi connectivity index (χ2v) is 7.76. The lowest BCUT2D eigenvalue weighted by atomic mass is 10.1. The number of anilines is 1. The molecule has 0 aliphatic carbocycles.